The van der Waals surface area contributed by atoms with E-state index >= 15 is 0 Å². The molecule has 2 rings (SSSR count). The van der Waals surface area contributed by atoms with Gasteiger partial charge in [0.15, 0.2) is 0 Å². The van der Waals surface area contributed by atoms with Crippen LogP contribution in [0.1, 0.15) is 43.0 Å². The molecule has 0 aromatic heterocycles. The van der Waals surface area contributed by atoms with Crippen molar-refractivity contribution in [1.29, 1.82) is 0 Å². The number of nitrogens with one attached hydrogen (secondary N) is 1. The Morgan fingerprint density at radius 1 is 1.08 bits per heavy atom. The predicted molar refractivity (Wildman–Crippen MR) is 105 cm³/mol. The molecule has 0 spiro atoms. The number of carbonyl (C=O) groups excluding carboxylic acids is 1. The lowest BCUT2D eigenvalue weighted by Gasteiger charge is -2.12. The van der Waals surface area contributed by atoms with Crippen LogP contribution in [0, 0.1) is 0 Å². The number of halogens is 1. The second kappa shape index (κ2) is 10.1. The van der Waals surface area contributed by atoms with Crippen molar-refractivity contribution in [3.8, 4) is 11.5 Å². The minimum atomic E-state index is -0.195. The molecule has 0 atom stereocenters. The van der Waals surface area contributed by atoms with E-state index in [0.717, 1.165) is 16.6 Å². The lowest BCUT2D eigenvalue weighted by atomic mass is 10.2. The second-order valence-corrected chi connectivity index (χ2v) is 6.56. The third-order valence-corrected chi connectivity index (χ3v) is 4.42. The summed E-state index contributed by atoms with van der Waals surface area (Å²) in [5, 5.41) is 2.87. The van der Waals surface area contributed by atoms with Gasteiger partial charge in [0.05, 0.1) is 23.9 Å². The number of para-hydroxylation sites is 2. The van der Waals surface area contributed by atoms with Gasteiger partial charge in [-0.1, -0.05) is 38.3 Å². The Labute approximate surface area is 157 Å². The van der Waals surface area contributed by atoms with Crippen LogP contribution in [0.3, 0.4) is 0 Å². The smallest absolute Gasteiger partial charge is 0.255 e. The van der Waals surface area contributed by atoms with Crippen molar-refractivity contribution in [2.75, 3.05) is 19.0 Å². The lowest BCUT2D eigenvalue weighted by molar-refractivity contribution is 0.102. The van der Waals surface area contributed by atoms with Crippen molar-refractivity contribution in [2.24, 2.45) is 0 Å². The number of anilines is 1. The van der Waals surface area contributed by atoms with E-state index < -0.39 is 0 Å². The summed E-state index contributed by atoms with van der Waals surface area (Å²) >= 11 is 3.48. The zero-order chi connectivity index (χ0) is 18.1. The van der Waals surface area contributed by atoms with Gasteiger partial charge in [0.2, 0.25) is 0 Å². The number of carbonyl (C=O) groups is 1. The Morgan fingerprint density at radius 2 is 1.88 bits per heavy atom. The molecule has 0 heterocycles. The largest absolute Gasteiger partial charge is 0.495 e. The summed E-state index contributed by atoms with van der Waals surface area (Å²) in [6.45, 7) is 2.87. The Kier molecular flexibility index (Phi) is 7.79. The van der Waals surface area contributed by atoms with Crippen molar-refractivity contribution in [3.63, 3.8) is 0 Å². The van der Waals surface area contributed by atoms with Crippen LogP contribution in [0.4, 0.5) is 5.69 Å². The fourth-order valence-corrected chi connectivity index (χ4v) is 2.91. The number of amides is 1. The normalized spacial score (nSPS) is 10.4. The van der Waals surface area contributed by atoms with E-state index in [4.69, 9.17) is 9.47 Å². The maximum absolute atomic E-state index is 12.4. The monoisotopic (exact) mass is 405 g/mol. The third kappa shape index (κ3) is 5.78. The van der Waals surface area contributed by atoms with Crippen LogP contribution < -0.4 is 14.8 Å². The van der Waals surface area contributed by atoms with Crippen molar-refractivity contribution >= 4 is 27.5 Å². The number of unbranched alkanes of at least 4 members (excludes halogenated alkanes) is 3. The molecule has 4 nitrogen and oxygen atoms in total. The zero-order valence-electron chi connectivity index (χ0n) is 14.7. The van der Waals surface area contributed by atoms with Crippen LogP contribution in [0.2, 0.25) is 0 Å². The molecule has 2 aromatic carbocycles. The van der Waals surface area contributed by atoms with Crippen LogP contribution in [0.15, 0.2) is 46.9 Å². The minimum Gasteiger partial charge on any atom is -0.495 e. The minimum absolute atomic E-state index is 0.195. The van der Waals surface area contributed by atoms with Gasteiger partial charge in [-0.25, -0.2) is 0 Å². The Hall–Kier alpha value is -2.01. The van der Waals surface area contributed by atoms with E-state index in [9.17, 15) is 4.79 Å². The van der Waals surface area contributed by atoms with Gasteiger partial charge in [0.25, 0.3) is 5.91 Å². The number of hydrogen-bond acceptors (Lipinski definition) is 3. The van der Waals surface area contributed by atoms with Crippen molar-refractivity contribution < 1.29 is 14.3 Å². The number of hydrogen-bond donors (Lipinski definition) is 1. The summed E-state index contributed by atoms with van der Waals surface area (Å²) in [5.74, 6) is 1.19. The molecule has 0 aliphatic rings. The van der Waals surface area contributed by atoms with Crippen LogP contribution >= 0.6 is 15.9 Å². The highest BCUT2D eigenvalue weighted by Crippen LogP contribution is 2.28. The third-order valence-electron chi connectivity index (χ3n) is 3.80. The highest BCUT2D eigenvalue weighted by Gasteiger charge is 2.11. The molecular formula is C20H24BrNO3. The first-order chi connectivity index (χ1) is 12.2. The van der Waals surface area contributed by atoms with Crippen LogP contribution in [-0.2, 0) is 0 Å². The standard InChI is InChI=1S/C20H24BrNO3/c1-3-4-5-8-13-25-18-12-11-15(14-16(18)21)20(23)22-17-9-6-7-10-19(17)24-2/h6-7,9-12,14H,3-5,8,13H2,1-2H3,(H,22,23). The van der Waals surface area contributed by atoms with Crippen molar-refractivity contribution in [3.05, 3.63) is 52.5 Å². The van der Waals surface area contributed by atoms with Crippen LogP contribution in [-0.4, -0.2) is 19.6 Å². The van der Waals surface area contributed by atoms with Gasteiger partial charge >= 0.3 is 0 Å². The van der Waals surface area contributed by atoms with Gasteiger partial charge in [-0.15, -0.1) is 0 Å². The van der Waals surface area contributed by atoms with Gasteiger partial charge in [-0.05, 0) is 52.7 Å². The first-order valence-corrected chi connectivity index (χ1v) is 9.31. The molecule has 0 saturated carbocycles. The second-order valence-electron chi connectivity index (χ2n) is 5.71. The fraction of sp³-hybridized carbons (Fsp3) is 0.350. The van der Waals surface area contributed by atoms with Crippen molar-refractivity contribution in [1.82, 2.24) is 0 Å². The molecule has 2 aromatic rings. The van der Waals surface area contributed by atoms with Gasteiger partial charge in [0, 0.05) is 5.56 Å². The highest BCUT2D eigenvalue weighted by atomic mass is 79.9. The summed E-state index contributed by atoms with van der Waals surface area (Å²) in [6.07, 6.45) is 4.65. The zero-order valence-corrected chi connectivity index (χ0v) is 16.3. The Balaban J connectivity index is 1.98. The number of rotatable bonds is 9. The molecule has 0 aliphatic carbocycles. The number of ether oxygens (including phenoxy) is 2. The molecule has 0 bridgehead atoms. The molecule has 25 heavy (non-hydrogen) atoms. The van der Waals surface area contributed by atoms with E-state index in [1.165, 1.54) is 19.3 Å². The average molecular weight is 406 g/mol. The maximum Gasteiger partial charge on any atom is 0.255 e. The molecule has 0 saturated heterocycles. The fourth-order valence-electron chi connectivity index (χ4n) is 2.41. The summed E-state index contributed by atoms with van der Waals surface area (Å²) in [5.41, 5.74) is 1.19. The van der Waals surface area contributed by atoms with Crippen LogP contribution in [0.25, 0.3) is 0 Å². The molecule has 1 amide bonds. The SMILES string of the molecule is CCCCCCOc1ccc(C(=O)Nc2ccccc2OC)cc1Br. The molecule has 1 N–H and O–H groups in total. The Bertz CT molecular complexity index is 703. The predicted octanol–water partition coefficient (Wildman–Crippen LogP) is 5.67. The van der Waals surface area contributed by atoms with Gasteiger partial charge in [-0.3, -0.25) is 4.79 Å². The van der Waals surface area contributed by atoms with E-state index in [0.29, 0.717) is 23.6 Å². The first kappa shape index (κ1) is 19.3. The van der Waals surface area contributed by atoms with Gasteiger partial charge in [0.1, 0.15) is 11.5 Å². The molecule has 134 valence electrons. The number of methoxy groups -OCH3 is 1. The van der Waals surface area contributed by atoms with Gasteiger partial charge < -0.3 is 14.8 Å². The average Bonchev–Trinajstić information content (AvgIpc) is 2.63. The van der Waals surface area contributed by atoms with E-state index in [-0.39, 0.29) is 5.91 Å². The van der Waals surface area contributed by atoms with Crippen LogP contribution in [0.5, 0.6) is 11.5 Å². The molecule has 0 aliphatic heterocycles. The highest BCUT2D eigenvalue weighted by molar-refractivity contribution is 9.10. The van der Waals surface area contributed by atoms with Gasteiger partial charge in [-0.2, -0.15) is 0 Å². The summed E-state index contributed by atoms with van der Waals surface area (Å²) in [7, 11) is 1.58. The summed E-state index contributed by atoms with van der Waals surface area (Å²) in [6, 6.07) is 12.7. The Morgan fingerprint density at radius 3 is 2.60 bits per heavy atom. The molecule has 5 heteroatoms. The molecule has 0 unspecified atom stereocenters. The lowest BCUT2D eigenvalue weighted by Crippen LogP contribution is -2.12. The summed E-state index contributed by atoms with van der Waals surface area (Å²) < 4.78 is 11.8. The molecule has 0 fully saturated rings. The number of benzene rings is 2. The quantitative estimate of drug-likeness (QED) is 0.546. The summed E-state index contributed by atoms with van der Waals surface area (Å²) in [4.78, 5) is 12.4. The first-order valence-electron chi connectivity index (χ1n) is 8.52. The van der Waals surface area contributed by atoms with Crippen molar-refractivity contribution in [2.45, 2.75) is 32.6 Å². The van der Waals surface area contributed by atoms with E-state index in [2.05, 4.69) is 28.2 Å². The maximum atomic E-state index is 12.4. The molecular weight excluding hydrogens is 382 g/mol. The molecule has 0 radical (unpaired) electrons. The van der Waals surface area contributed by atoms with E-state index in [1.54, 1.807) is 31.4 Å². The van der Waals surface area contributed by atoms with E-state index in [1.807, 2.05) is 18.2 Å². The topological polar surface area (TPSA) is 47.6 Å².